The minimum Gasteiger partial charge on any atom is -0.346 e. The van der Waals surface area contributed by atoms with E-state index in [1.807, 2.05) is 43.5 Å². The minimum atomic E-state index is -0.664. The fourth-order valence-corrected chi connectivity index (χ4v) is 3.98. The molecular formula is C25H26N4O2. The van der Waals surface area contributed by atoms with E-state index in [2.05, 4.69) is 44.8 Å². The summed E-state index contributed by atoms with van der Waals surface area (Å²) in [7, 11) is 0. The predicted molar refractivity (Wildman–Crippen MR) is 120 cm³/mol. The Hall–Kier alpha value is -3.51. The number of carbonyl (C=O) groups is 2. The zero-order valence-electron chi connectivity index (χ0n) is 17.5. The molecule has 2 aromatic carbocycles. The van der Waals surface area contributed by atoms with Crippen LogP contribution in [0.5, 0.6) is 0 Å². The molecule has 31 heavy (non-hydrogen) atoms. The molecule has 2 heterocycles. The first-order valence-electron chi connectivity index (χ1n) is 10.5. The smallest absolute Gasteiger partial charge is 0.313 e. The van der Waals surface area contributed by atoms with Crippen LogP contribution in [0.25, 0.3) is 0 Å². The number of hydrogen-bond acceptors (Lipinski definition) is 4. The van der Waals surface area contributed by atoms with Crippen molar-refractivity contribution in [3.05, 3.63) is 95.3 Å². The highest BCUT2D eigenvalue weighted by Gasteiger charge is 2.26. The third-order valence-electron chi connectivity index (χ3n) is 5.73. The van der Waals surface area contributed by atoms with Crippen molar-refractivity contribution in [1.82, 2.24) is 15.2 Å². The zero-order valence-corrected chi connectivity index (χ0v) is 17.5. The maximum Gasteiger partial charge on any atom is 0.313 e. The van der Waals surface area contributed by atoms with Gasteiger partial charge >= 0.3 is 11.8 Å². The molecule has 0 unspecified atom stereocenters. The number of para-hydroxylation sites is 1. The monoisotopic (exact) mass is 414 g/mol. The second-order valence-electron chi connectivity index (χ2n) is 7.77. The van der Waals surface area contributed by atoms with Crippen LogP contribution in [0.1, 0.15) is 28.3 Å². The molecule has 2 N–H and O–H groups in total. The van der Waals surface area contributed by atoms with Crippen LogP contribution in [0.4, 0.5) is 5.69 Å². The average Bonchev–Trinajstić information content (AvgIpc) is 2.81. The molecule has 0 saturated heterocycles. The number of aromatic nitrogens is 1. The van der Waals surface area contributed by atoms with Crippen molar-refractivity contribution in [2.45, 2.75) is 25.9 Å². The number of amides is 2. The summed E-state index contributed by atoms with van der Waals surface area (Å²) in [5, 5.41) is 5.51. The fraction of sp³-hybridized carbons (Fsp3) is 0.240. The summed E-state index contributed by atoms with van der Waals surface area (Å²) in [6, 6.07) is 19.7. The van der Waals surface area contributed by atoms with Crippen LogP contribution in [0.2, 0.25) is 0 Å². The molecule has 1 aromatic heterocycles. The van der Waals surface area contributed by atoms with E-state index in [9.17, 15) is 9.59 Å². The number of nitrogens with one attached hydrogen (secondary N) is 2. The molecule has 3 aromatic rings. The Kier molecular flexibility index (Phi) is 6.38. The van der Waals surface area contributed by atoms with Gasteiger partial charge in [0.2, 0.25) is 0 Å². The summed E-state index contributed by atoms with van der Waals surface area (Å²) >= 11 is 0. The predicted octanol–water partition coefficient (Wildman–Crippen LogP) is 3.24. The molecule has 0 fully saturated rings. The Labute approximate surface area is 182 Å². The highest BCUT2D eigenvalue weighted by molar-refractivity contribution is 6.39. The molecule has 6 nitrogen and oxygen atoms in total. The third kappa shape index (κ3) is 4.98. The topological polar surface area (TPSA) is 74.3 Å². The number of pyridine rings is 1. The maximum atomic E-state index is 12.5. The lowest BCUT2D eigenvalue weighted by Crippen LogP contribution is -2.43. The second-order valence-corrected chi connectivity index (χ2v) is 7.77. The van der Waals surface area contributed by atoms with Crippen LogP contribution in [0.15, 0.2) is 73.1 Å². The van der Waals surface area contributed by atoms with E-state index < -0.39 is 11.8 Å². The lowest BCUT2D eigenvalue weighted by molar-refractivity contribution is -0.136. The molecule has 2 amide bonds. The van der Waals surface area contributed by atoms with Crippen molar-refractivity contribution in [3.8, 4) is 0 Å². The van der Waals surface area contributed by atoms with Crippen LogP contribution in [-0.4, -0.2) is 34.8 Å². The van der Waals surface area contributed by atoms with Crippen molar-refractivity contribution in [2.75, 3.05) is 18.4 Å². The summed E-state index contributed by atoms with van der Waals surface area (Å²) in [6.45, 7) is 3.89. The quantitative estimate of drug-likeness (QED) is 0.629. The van der Waals surface area contributed by atoms with E-state index >= 15 is 0 Å². The maximum absolute atomic E-state index is 12.5. The van der Waals surface area contributed by atoms with Crippen molar-refractivity contribution in [3.63, 3.8) is 0 Å². The number of hydrogen-bond donors (Lipinski definition) is 2. The minimum absolute atomic E-state index is 0.0720. The number of rotatable bonds is 5. The van der Waals surface area contributed by atoms with Crippen LogP contribution in [-0.2, 0) is 22.6 Å². The van der Waals surface area contributed by atoms with E-state index in [0.29, 0.717) is 12.2 Å². The van der Waals surface area contributed by atoms with Crippen molar-refractivity contribution in [2.24, 2.45) is 0 Å². The molecule has 0 saturated carbocycles. The molecule has 6 heteroatoms. The van der Waals surface area contributed by atoms with Gasteiger partial charge in [0.1, 0.15) is 0 Å². The van der Waals surface area contributed by atoms with Gasteiger partial charge in [0.05, 0.1) is 6.04 Å². The Bertz CT molecular complexity index is 1070. The van der Waals surface area contributed by atoms with E-state index in [1.54, 1.807) is 12.3 Å². The van der Waals surface area contributed by atoms with Gasteiger partial charge < -0.3 is 10.6 Å². The Morgan fingerprint density at radius 2 is 1.77 bits per heavy atom. The number of benzene rings is 2. The van der Waals surface area contributed by atoms with Gasteiger partial charge in [-0.25, -0.2) is 0 Å². The second kappa shape index (κ2) is 9.53. The fourth-order valence-electron chi connectivity index (χ4n) is 3.98. The van der Waals surface area contributed by atoms with E-state index in [-0.39, 0.29) is 6.04 Å². The van der Waals surface area contributed by atoms with E-state index in [0.717, 1.165) is 30.6 Å². The molecule has 4 rings (SSSR count). The summed E-state index contributed by atoms with van der Waals surface area (Å²) in [5.41, 5.74) is 5.22. The van der Waals surface area contributed by atoms with Crippen molar-refractivity contribution < 1.29 is 9.59 Å². The first kappa shape index (κ1) is 20.8. The molecular weight excluding hydrogens is 388 g/mol. The van der Waals surface area contributed by atoms with Gasteiger partial charge in [-0.05, 0) is 47.7 Å². The Balaban J connectivity index is 1.45. The highest BCUT2D eigenvalue weighted by atomic mass is 16.2. The normalized spacial score (nSPS) is 14.4. The molecule has 0 spiro atoms. The molecule has 158 valence electrons. The van der Waals surface area contributed by atoms with E-state index in [1.165, 1.54) is 11.1 Å². The molecule has 0 radical (unpaired) electrons. The van der Waals surface area contributed by atoms with Crippen molar-refractivity contribution in [1.29, 1.82) is 0 Å². The molecule has 0 aliphatic carbocycles. The number of fused-ring (bicyclic) bond motifs is 1. The lowest BCUT2D eigenvalue weighted by atomic mass is 9.97. The first-order valence-corrected chi connectivity index (χ1v) is 10.5. The first-order chi connectivity index (χ1) is 15.1. The standard InChI is InChI=1S/C25H26N4O2/c1-18-7-2-5-11-22(18)28-25(31)24(30)27-16-23(20-10-6-13-26-15-20)29-14-12-19-8-3-4-9-21(19)17-29/h2-11,13,15,23H,12,14,16-17H2,1H3,(H,27,30)(H,28,31)/t23-/m0/s1. The average molecular weight is 415 g/mol. The molecule has 1 aliphatic heterocycles. The summed E-state index contributed by atoms with van der Waals surface area (Å²) in [4.78, 5) is 31.5. The summed E-state index contributed by atoms with van der Waals surface area (Å²) in [6.07, 6.45) is 4.51. The molecule has 1 aliphatic rings. The van der Waals surface area contributed by atoms with Gasteiger partial charge in [0, 0.05) is 37.7 Å². The van der Waals surface area contributed by atoms with Gasteiger partial charge in [-0.1, -0.05) is 48.5 Å². The lowest BCUT2D eigenvalue weighted by Gasteiger charge is -2.35. The van der Waals surface area contributed by atoms with Gasteiger partial charge in [-0.15, -0.1) is 0 Å². The highest BCUT2D eigenvalue weighted by Crippen LogP contribution is 2.27. The number of carbonyl (C=O) groups excluding carboxylic acids is 2. The van der Waals surface area contributed by atoms with Crippen molar-refractivity contribution >= 4 is 17.5 Å². The summed E-state index contributed by atoms with van der Waals surface area (Å²) in [5.74, 6) is -1.31. The van der Waals surface area contributed by atoms with Gasteiger partial charge in [0.15, 0.2) is 0 Å². The van der Waals surface area contributed by atoms with Gasteiger partial charge in [0.25, 0.3) is 0 Å². The van der Waals surface area contributed by atoms with Crippen LogP contribution >= 0.6 is 0 Å². The molecule has 0 bridgehead atoms. The van der Waals surface area contributed by atoms with Gasteiger partial charge in [-0.2, -0.15) is 0 Å². The molecule has 1 atom stereocenters. The van der Waals surface area contributed by atoms with Crippen LogP contribution in [0.3, 0.4) is 0 Å². The zero-order chi connectivity index (χ0) is 21.6. The number of nitrogens with zero attached hydrogens (tertiary/aromatic N) is 2. The number of aryl methyl sites for hydroxylation is 1. The van der Waals surface area contributed by atoms with E-state index in [4.69, 9.17) is 0 Å². The van der Waals surface area contributed by atoms with Gasteiger partial charge in [-0.3, -0.25) is 19.5 Å². The summed E-state index contributed by atoms with van der Waals surface area (Å²) < 4.78 is 0. The largest absolute Gasteiger partial charge is 0.346 e. The Morgan fingerprint density at radius 3 is 2.55 bits per heavy atom. The number of anilines is 1. The van der Waals surface area contributed by atoms with Crippen LogP contribution < -0.4 is 10.6 Å². The Morgan fingerprint density at radius 1 is 1.00 bits per heavy atom. The third-order valence-corrected chi connectivity index (χ3v) is 5.73. The SMILES string of the molecule is Cc1ccccc1NC(=O)C(=O)NC[C@@H](c1cccnc1)N1CCc2ccccc2C1. The van der Waals surface area contributed by atoms with Crippen LogP contribution in [0, 0.1) is 6.92 Å².